The quantitative estimate of drug-likeness (QED) is 0.426. The number of nitrogens with one attached hydrogen (secondary N) is 1. The van der Waals surface area contributed by atoms with Gasteiger partial charge in [-0.3, -0.25) is 4.79 Å². The Bertz CT molecular complexity index is 178. The number of ether oxygens (including phenoxy) is 1. The van der Waals surface area contributed by atoms with E-state index in [0.717, 1.165) is 25.8 Å². The zero-order valence-electron chi connectivity index (χ0n) is 9.97. The Morgan fingerprint density at radius 2 is 1.75 bits per heavy atom. The van der Waals surface area contributed by atoms with Crippen molar-refractivity contribution in [1.29, 1.82) is 0 Å². The predicted molar refractivity (Wildman–Crippen MR) is 71.7 cm³/mol. The molecule has 4 heteroatoms. The van der Waals surface area contributed by atoms with Crippen molar-refractivity contribution in [3.8, 4) is 0 Å². The maximum Gasteiger partial charge on any atom is 0.184 e. The third-order valence-electron chi connectivity index (χ3n) is 1.95. The van der Waals surface area contributed by atoms with Crippen LogP contribution in [0.25, 0.3) is 0 Å². The van der Waals surface area contributed by atoms with Gasteiger partial charge in [-0.1, -0.05) is 20.3 Å². The molecule has 0 aromatic carbocycles. The molecule has 98 valence electrons. The van der Waals surface area contributed by atoms with Crippen LogP contribution in [0.2, 0.25) is 0 Å². The fourth-order valence-electron chi connectivity index (χ4n) is 1.20. The van der Waals surface area contributed by atoms with Gasteiger partial charge in [0.25, 0.3) is 0 Å². The molecule has 0 amide bonds. The van der Waals surface area contributed by atoms with Gasteiger partial charge >= 0.3 is 0 Å². The zero-order chi connectivity index (χ0) is 11.7. The number of unbranched alkanes of at least 4 members (excludes halogenated alkanes) is 3. The second kappa shape index (κ2) is 9.85. The summed E-state index contributed by atoms with van der Waals surface area (Å²) in [5.41, 5.74) is 0.206. The SMILES string of the molecule is C.CC(C)(C)NCCCCCCOC(=O)[S-]. The first kappa shape index (κ1) is 18.0. The second-order valence-electron chi connectivity index (χ2n) is 4.69. The van der Waals surface area contributed by atoms with E-state index in [4.69, 9.17) is 0 Å². The lowest BCUT2D eigenvalue weighted by Gasteiger charge is -2.20. The molecule has 1 N–H and O–H groups in total. The molecule has 0 aliphatic heterocycles. The van der Waals surface area contributed by atoms with Crippen molar-refractivity contribution in [3.63, 3.8) is 0 Å². The number of carbonyl (C=O) groups is 1. The molecule has 0 aromatic heterocycles. The Balaban J connectivity index is 0. The van der Waals surface area contributed by atoms with E-state index in [1.165, 1.54) is 6.42 Å². The second-order valence-corrected chi connectivity index (χ2v) is 5.02. The third-order valence-corrected chi connectivity index (χ3v) is 2.06. The van der Waals surface area contributed by atoms with Crippen LogP contribution in [0.5, 0.6) is 0 Å². The van der Waals surface area contributed by atoms with Crippen LogP contribution < -0.4 is 5.32 Å². The molecule has 0 aliphatic rings. The Kier molecular flexibility index (Phi) is 11.1. The van der Waals surface area contributed by atoms with Gasteiger partial charge in [0.05, 0.1) is 6.61 Å². The smallest absolute Gasteiger partial charge is 0.184 e. The predicted octanol–water partition coefficient (Wildman–Crippen LogP) is 3.25. The zero-order valence-corrected chi connectivity index (χ0v) is 10.8. The van der Waals surface area contributed by atoms with Crippen LogP contribution in [-0.2, 0) is 17.4 Å². The van der Waals surface area contributed by atoms with E-state index in [9.17, 15) is 4.79 Å². The largest absolute Gasteiger partial charge is 0.698 e. The highest BCUT2D eigenvalue weighted by molar-refractivity contribution is 7.76. The lowest BCUT2D eigenvalue weighted by atomic mass is 10.1. The summed E-state index contributed by atoms with van der Waals surface area (Å²) in [4.78, 5) is 10.3. The molecular formula is C12H26NO2S-. The lowest BCUT2D eigenvalue weighted by molar-refractivity contribution is 0.172. The van der Waals surface area contributed by atoms with Crippen LogP contribution in [0.1, 0.15) is 53.9 Å². The molecule has 0 saturated carbocycles. The number of hydrogen-bond acceptors (Lipinski definition) is 4. The van der Waals surface area contributed by atoms with Gasteiger partial charge in [0.1, 0.15) is 0 Å². The molecule has 3 nitrogen and oxygen atoms in total. The van der Waals surface area contributed by atoms with E-state index in [0.29, 0.717) is 6.61 Å². The van der Waals surface area contributed by atoms with E-state index in [1.807, 2.05) is 0 Å². The van der Waals surface area contributed by atoms with E-state index < -0.39 is 5.30 Å². The van der Waals surface area contributed by atoms with Gasteiger partial charge in [0.2, 0.25) is 0 Å². The summed E-state index contributed by atoms with van der Waals surface area (Å²) in [6, 6.07) is 0. The van der Waals surface area contributed by atoms with Crippen molar-refractivity contribution in [2.45, 2.75) is 59.4 Å². The molecule has 0 bridgehead atoms. The Labute approximate surface area is 106 Å². The Morgan fingerprint density at radius 3 is 2.25 bits per heavy atom. The maximum atomic E-state index is 10.3. The van der Waals surface area contributed by atoms with Crippen LogP contribution >= 0.6 is 0 Å². The van der Waals surface area contributed by atoms with Gasteiger partial charge in [-0.05, 0) is 40.2 Å². The first-order valence-corrected chi connectivity index (χ1v) is 5.91. The lowest BCUT2D eigenvalue weighted by Crippen LogP contribution is -2.36. The summed E-state index contributed by atoms with van der Waals surface area (Å²) < 4.78 is 4.66. The van der Waals surface area contributed by atoms with Gasteiger partial charge in [-0.2, -0.15) is 0 Å². The first-order chi connectivity index (χ1) is 6.92. The fourth-order valence-corrected chi connectivity index (χ4v) is 1.28. The topological polar surface area (TPSA) is 38.3 Å². The van der Waals surface area contributed by atoms with Crippen molar-refractivity contribution < 1.29 is 9.53 Å². The summed E-state index contributed by atoms with van der Waals surface area (Å²) in [7, 11) is 0. The minimum absolute atomic E-state index is 0. The van der Waals surface area contributed by atoms with Crippen molar-refractivity contribution in [1.82, 2.24) is 5.32 Å². The van der Waals surface area contributed by atoms with E-state index in [-0.39, 0.29) is 13.0 Å². The maximum absolute atomic E-state index is 10.3. The van der Waals surface area contributed by atoms with Crippen LogP contribution in [0.4, 0.5) is 4.79 Å². The van der Waals surface area contributed by atoms with Crippen molar-refractivity contribution in [3.05, 3.63) is 0 Å². The molecule has 0 aromatic rings. The average molecular weight is 248 g/mol. The minimum atomic E-state index is -0.593. The molecule has 0 fully saturated rings. The summed E-state index contributed by atoms with van der Waals surface area (Å²) >= 11 is 4.27. The molecule has 0 spiro atoms. The number of rotatable bonds is 7. The molecule has 0 aliphatic carbocycles. The first-order valence-electron chi connectivity index (χ1n) is 5.50. The standard InChI is InChI=1S/C11H23NO2S.CH4/c1-11(2,3)12-8-6-4-5-7-9-14-10(13)15;/h12H,4-9H2,1-3H3,(H,13,15);1H4/p-1. The van der Waals surface area contributed by atoms with Crippen molar-refractivity contribution in [2.75, 3.05) is 13.2 Å². The van der Waals surface area contributed by atoms with Crippen LogP contribution in [0, 0.1) is 0 Å². The van der Waals surface area contributed by atoms with Crippen molar-refractivity contribution >= 4 is 17.9 Å². The van der Waals surface area contributed by atoms with Gasteiger partial charge in [-0.25, -0.2) is 0 Å². The molecule has 0 rings (SSSR count). The Hall–Kier alpha value is -0.350. The summed E-state index contributed by atoms with van der Waals surface area (Å²) in [6.45, 7) is 8.00. The van der Waals surface area contributed by atoms with E-state index in [2.05, 4.69) is 43.5 Å². The van der Waals surface area contributed by atoms with Crippen LogP contribution in [0.3, 0.4) is 0 Å². The van der Waals surface area contributed by atoms with E-state index in [1.54, 1.807) is 0 Å². The van der Waals surface area contributed by atoms with Crippen LogP contribution in [-0.4, -0.2) is 24.0 Å². The highest BCUT2D eigenvalue weighted by Crippen LogP contribution is 2.02. The van der Waals surface area contributed by atoms with Crippen LogP contribution in [0.15, 0.2) is 0 Å². The normalized spacial score (nSPS) is 10.7. The molecule has 16 heavy (non-hydrogen) atoms. The van der Waals surface area contributed by atoms with E-state index >= 15 is 0 Å². The Morgan fingerprint density at radius 1 is 1.19 bits per heavy atom. The van der Waals surface area contributed by atoms with Gasteiger partial charge < -0.3 is 22.7 Å². The molecular weight excluding hydrogens is 222 g/mol. The van der Waals surface area contributed by atoms with Crippen molar-refractivity contribution in [2.24, 2.45) is 0 Å². The monoisotopic (exact) mass is 248 g/mol. The third kappa shape index (κ3) is 16.1. The minimum Gasteiger partial charge on any atom is -0.698 e. The summed E-state index contributed by atoms with van der Waals surface area (Å²) in [5.74, 6) is 0. The van der Waals surface area contributed by atoms with Gasteiger partial charge in [-0.15, -0.1) is 0 Å². The molecule has 0 atom stereocenters. The number of hydrogen-bond donors (Lipinski definition) is 1. The molecule has 0 heterocycles. The van der Waals surface area contributed by atoms with Gasteiger partial charge in [0, 0.05) is 5.54 Å². The summed E-state index contributed by atoms with van der Waals surface area (Å²) in [6.07, 6.45) is 4.34. The van der Waals surface area contributed by atoms with Gasteiger partial charge in [0.15, 0.2) is 5.30 Å². The fraction of sp³-hybridized carbons (Fsp3) is 0.917. The average Bonchev–Trinajstić information content (AvgIpc) is 2.07. The highest BCUT2D eigenvalue weighted by Gasteiger charge is 2.06. The molecule has 0 saturated heterocycles. The number of carbonyl (C=O) groups excluding carboxylic acids is 1. The molecule has 0 radical (unpaired) electrons. The summed E-state index contributed by atoms with van der Waals surface area (Å²) in [5, 5.41) is 2.84. The molecule has 0 unspecified atom stereocenters. The highest BCUT2D eigenvalue weighted by atomic mass is 32.1.